The lowest BCUT2D eigenvalue weighted by atomic mass is 9.85. The van der Waals surface area contributed by atoms with Gasteiger partial charge in [0.05, 0.1) is 6.42 Å². The lowest BCUT2D eigenvalue weighted by Crippen LogP contribution is -2.53. The van der Waals surface area contributed by atoms with Gasteiger partial charge < -0.3 is 35.8 Å². The molecule has 3 aromatic carbocycles. The predicted molar refractivity (Wildman–Crippen MR) is 152 cm³/mol. The number of hydrogen-bond donors (Lipinski definition) is 5. The van der Waals surface area contributed by atoms with Gasteiger partial charge in [0.2, 0.25) is 18.6 Å². The zero-order valence-corrected chi connectivity index (χ0v) is 22.1. The normalized spacial score (nSPS) is 13.4. The van der Waals surface area contributed by atoms with Crippen molar-refractivity contribution in [2.24, 2.45) is 0 Å². The molecule has 1 unspecified atom stereocenters. The Kier molecular flexibility index (Phi) is 9.55. The number of urea groups is 1. The summed E-state index contributed by atoms with van der Waals surface area (Å²) in [6, 6.07) is 24.2. The first-order chi connectivity index (χ1) is 19.8. The maximum Gasteiger partial charge on any atom is 0.323 e. The fourth-order valence-corrected chi connectivity index (χ4v) is 4.31. The Hall–Kier alpha value is -5.32. The van der Waals surface area contributed by atoms with E-state index in [1.165, 1.54) is 6.26 Å². The summed E-state index contributed by atoms with van der Waals surface area (Å²) in [4.78, 5) is 49.5. The minimum absolute atomic E-state index is 0.0875. The fraction of sp³-hybridized carbons (Fsp3) is 0.200. The number of benzene rings is 3. The monoisotopic (exact) mass is 558 g/mol. The molecule has 1 aliphatic heterocycles. The molecule has 0 radical (unpaired) electrons. The van der Waals surface area contributed by atoms with Gasteiger partial charge in [-0.05, 0) is 42.0 Å². The summed E-state index contributed by atoms with van der Waals surface area (Å²) >= 11 is 0. The van der Waals surface area contributed by atoms with E-state index >= 15 is 0 Å². The SMILES string of the molecule is O=C(O)CC(Cc1ccccc1)(NC(=O)CCC(=O)Nc1ccc(NC(=O)Nc2ccccc2)cc1)C1=COCO1. The van der Waals surface area contributed by atoms with Gasteiger partial charge in [0.15, 0.2) is 5.76 Å². The Labute approximate surface area is 236 Å². The molecule has 0 saturated heterocycles. The average Bonchev–Trinajstić information content (AvgIpc) is 3.50. The molecule has 0 bridgehead atoms. The standard InChI is InChI=1S/C30H30N4O7/c35-26(31-23-11-13-24(14-12-23)33-29(39)32-22-9-5-2-6-10-22)15-16-27(36)34-30(18-28(37)38,25-19-40-20-41-25)17-21-7-3-1-4-8-21/h1-14,19H,15-18,20H2,(H,31,35)(H,34,36)(H,37,38)(H2,32,33,39). The number of nitrogens with one attached hydrogen (secondary N) is 4. The molecular formula is C30H30N4O7. The van der Waals surface area contributed by atoms with Crippen molar-refractivity contribution in [3.05, 3.63) is 103 Å². The number of anilines is 3. The van der Waals surface area contributed by atoms with Gasteiger partial charge in [-0.15, -0.1) is 0 Å². The molecule has 4 amide bonds. The van der Waals surface area contributed by atoms with Crippen molar-refractivity contribution >= 4 is 40.9 Å². The van der Waals surface area contributed by atoms with Crippen molar-refractivity contribution in [1.82, 2.24) is 5.32 Å². The number of carboxylic acids is 1. The van der Waals surface area contributed by atoms with Crippen molar-refractivity contribution in [3.8, 4) is 0 Å². The number of carbonyl (C=O) groups is 4. The third-order valence-corrected chi connectivity index (χ3v) is 6.16. The predicted octanol–water partition coefficient (Wildman–Crippen LogP) is 4.47. The zero-order chi connectivity index (χ0) is 29.1. The van der Waals surface area contributed by atoms with Gasteiger partial charge >= 0.3 is 12.0 Å². The maximum absolute atomic E-state index is 13.0. The number of amides is 4. The van der Waals surface area contributed by atoms with Crippen LogP contribution in [-0.4, -0.2) is 41.3 Å². The number of ether oxygens (including phenoxy) is 2. The molecule has 212 valence electrons. The van der Waals surface area contributed by atoms with Crippen LogP contribution in [0, 0.1) is 0 Å². The second-order valence-corrected chi connectivity index (χ2v) is 9.34. The van der Waals surface area contributed by atoms with Crippen molar-refractivity contribution in [2.75, 3.05) is 22.7 Å². The third kappa shape index (κ3) is 8.59. The lowest BCUT2D eigenvalue weighted by molar-refractivity contribution is -0.139. The molecular weight excluding hydrogens is 528 g/mol. The topological polar surface area (TPSA) is 155 Å². The molecule has 11 nitrogen and oxygen atoms in total. The quantitative estimate of drug-likeness (QED) is 0.220. The first kappa shape index (κ1) is 28.7. The van der Waals surface area contributed by atoms with E-state index < -0.39 is 35.8 Å². The van der Waals surface area contributed by atoms with Crippen molar-refractivity contribution in [2.45, 2.75) is 31.2 Å². The summed E-state index contributed by atoms with van der Waals surface area (Å²) in [6.07, 6.45) is 0.685. The van der Waals surface area contributed by atoms with Crippen LogP contribution < -0.4 is 21.3 Å². The Bertz CT molecular complexity index is 1400. The molecule has 1 aliphatic rings. The molecule has 0 saturated carbocycles. The van der Waals surface area contributed by atoms with Crippen LogP contribution in [0.3, 0.4) is 0 Å². The lowest BCUT2D eigenvalue weighted by Gasteiger charge is -2.33. The molecule has 0 spiro atoms. The van der Waals surface area contributed by atoms with E-state index in [2.05, 4.69) is 21.3 Å². The van der Waals surface area contributed by atoms with Gasteiger partial charge in [-0.3, -0.25) is 14.4 Å². The first-order valence-corrected chi connectivity index (χ1v) is 12.9. The van der Waals surface area contributed by atoms with Gasteiger partial charge in [-0.1, -0.05) is 48.5 Å². The molecule has 1 heterocycles. The largest absolute Gasteiger partial charge is 0.481 e. The van der Waals surface area contributed by atoms with Gasteiger partial charge in [-0.2, -0.15) is 0 Å². The number of hydrogen-bond acceptors (Lipinski definition) is 6. The number of rotatable bonds is 12. The molecule has 0 aliphatic carbocycles. The summed E-state index contributed by atoms with van der Waals surface area (Å²) < 4.78 is 10.7. The summed E-state index contributed by atoms with van der Waals surface area (Å²) in [5, 5.41) is 20.6. The van der Waals surface area contributed by atoms with Crippen LogP contribution in [0.1, 0.15) is 24.8 Å². The average molecular weight is 559 g/mol. The van der Waals surface area contributed by atoms with Crippen LogP contribution in [0.4, 0.5) is 21.9 Å². The van der Waals surface area contributed by atoms with Crippen LogP contribution >= 0.6 is 0 Å². The van der Waals surface area contributed by atoms with Crippen molar-refractivity contribution in [1.29, 1.82) is 0 Å². The van der Waals surface area contributed by atoms with Crippen LogP contribution in [0.2, 0.25) is 0 Å². The van der Waals surface area contributed by atoms with E-state index in [-0.39, 0.29) is 31.8 Å². The summed E-state index contributed by atoms with van der Waals surface area (Å²) in [5.74, 6) is -1.86. The number of aliphatic carboxylic acids is 1. The minimum atomic E-state index is -1.40. The smallest absolute Gasteiger partial charge is 0.323 e. The van der Waals surface area contributed by atoms with Gasteiger partial charge in [0.25, 0.3) is 0 Å². The number of carbonyl (C=O) groups excluding carboxylic acids is 3. The molecule has 5 N–H and O–H groups in total. The van der Waals surface area contributed by atoms with E-state index in [9.17, 15) is 24.3 Å². The van der Waals surface area contributed by atoms with E-state index in [4.69, 9.17) is 9.47 Å². The van der Waals surface area contributed by atoms with Crippen LogP contribution in [0.25, 0.3) is 0 Å². The molecule has 1 atom stereocenters. The highest BCUT2D eigenvalue weighted by Crippen LogP contribution is 2.30. The Balaban J connectivity index is 1.32. The molecule has 3 aromatic rings. The Morgan fingerprint density at radius 2 is 1.29 bits per heavy atom. The second kappa shape index (κ2) is 13.7. The highest BCUT2D eigenvalue weighted by atomic mass is 16.7. The van der Waals surface area contributed by atoms with Crippen LogP contribution in [0.15, 0.2) is 97.0 Å². The molecule has 41 heavy (non-hydrogen) atoms. The summed E-state index contributed by atoms with van der Waals surface area (Å²) in [6.45, 7) is -0.0875. The second-order valence-electron chi connectivity index (χ2n) is 9.34. The minimum Gasteiger partial charge on any atom is -0.481 e. The zero-order valence-electron chi connectivity index (χ0n) is 22.1. The number of para-hydroxylation sites is 1. The van der Waals surface area contributed by atoms with Gasteiger partial charge in [-0.25, -0.2) is 4.79 Å². The van der Waals surface area contributed by atoms with Crippen LogP contribution in [-0.2, 0) is 30.3 Å². The molecule has 0 aromatic heterocycles. The molecule has 4 rings (SSSR count). The Morgan fingerprint density at radius 3 is 1.88 bits per heavy atom. The fourth-order valence-electron chi connectivity index (χ4n) is 4.31. The van der Waals surface area contributed by atoms with E-state index in [1.807, 2.05) is 48.5 Å². The van der Waals surface area contributed by atoms with E-state index in [1.54, 1.807) is 36.4 Å². The van der Waals surface area contributed by atoms with Gasteiger partial charge in [0.1, 0.15) is 11.8 Å². The Morgan fingerprint density at radius 1 is 0.732 bits per heavy atom. The summed E-state index contributed by atoms with van der Waals surface area (Å²) in [7, 11) is 0. The van der Waals surface area contributed by atoms with Crippen molar-refractivity contribution < 1.29 is 33.8 Å². The van der Waals surface area contributed by atoms with Crippen molar-refractivity contribution in [3.63, 3.8) is 0 Å². The van der Waals surface area contributed by atoms with E-state index in [0.717, 1.165) is 5.56 Å². The van der Waals surface area contributed by atoms with Gasteiger partial charge in [0, 0.05) is 36.3 Å². The number of carboxylic acid groups (broad SMARTS) is 1. The third-order valence-electron chi connectivity index (χ3n) is 6.16. The van der Waals surface area contributed by atoms with Crippen LogP contribution in [0.5, 0.6) is 0 Å². The highest BCUT2D eigenvalue weighted by molar-refractivity contribution is 6.00. The molecule has 11 heteroatoms. The van der Waals surface area contributed by atoms with E-state index in [0.29, 0.717) is 17.1 Å². The molecule has 0 fully saturated rings. The summed E-state index contributed by atoms with van der Waals surface area (Å²) in [5.41, 5.74) is 1.05. The first-order valence-electron chi connectivity index (χ1n) is 12.9. The maximum atomic E-state index is 13.0. The highest BCUT2D eigenvalue weighted by Gasteiger charge is 2.42.